The number of aryl methyl sites for hydroxylation is 1. The summed E-state index contributed by atoms with van der Waals surface area (Å²) in [5.41, 5.74) is 1.78. The number of amides is 1. The molecule has 1 heterocycles. The van der Waals surface area contributed by atoms with Crippen LogP contribution in [-0.4, -0.2) is 18.5 Å². The standard InChI is InChI=1S/C12H15ClN2O/c1-8-7-9(4-5-10(8)13)15-12(16)11-3-2-6-14-11/h4-5,7,11,14H,2-3,6H2,1H3,(H,15,16)/t11-/m1/s1. The average Bonchev–Trinajstić information content (AvgIpc) is 2.77. The monoisotopic (exact) mass is 238 g/mol. The molecule has 1 saturated heterocycles. The summed E-state index contributed by atoms with van der Waals surface area (Å²) in [6.45, 7) is 2.85. The predicted octanol–water partition coefficient (Wildman–Crippen LogP) is 2.34. The summed E-state index contributed by atoms with van der Waals surface area (Å²) in [4.78, 5) is 11.8. The molecular weight excluding hydrogens is 224 g/mol. The van der Waals surface area contributed by atoms with E-state index in [2.05, 4.69) is 10.6 Å². The van der Waals surface area contributed by atoms with Gasteiger partial charge in [0, 0.05) is 10.7 Å². The molecule has 0 spiro atoms. The maximum Gasteiger partial charge on any atom is 0.241 e. The van der Waals surface area contributed by atoms with E-state index in [1.165, 1.54) is 0 Å². The number of benzene rings is 1. The third-order valence-electron chi connectivity index (χ3n) is 2.80. The minimum Gasteiger partial charge on any atom is -0.325 e. The van der Waals surface area contributed by atoms with E-state index in [1.807, 2.05) is 19.1 Å². The molecule has 0 aliphatic carbocycles. The van der Waals surface area contributed by atoms with Gasteiger partial charge in [-0.25, -0.2) is 0 Å². The molecular formula is C12H15ClN2O. The zero-order chi connectivity index (χ0) is 11.5. The average molecular weight is 239 g/mol. The van der Waals surface area contributed by atoms with Crippen LogP contribution in [0.25, 0.3) is 0 Å². The van der Waals surface area contributed by atoms with Crippen LogP contribution in [0.3, 0.4) is 0 Å². The Morgan fingerprint density at radius 1 is 1.56 bits per heavy atom. The lowest BCUT2D eigenvalue weighted by Gasteiger charge is -2.11. The minimum absolute atomic E-state index is 0.0409. The Morgan fingerprint density at radius 2 is 2.38 bits per heavy atom. The zero-order valence-electron chi connectivity index (χ0n) is 9.22. The third kappa shape index (κ3) is 2.54. The summed E-state index contributed by atoms with van der Waals surface area (Å²) in [6.07, 6.45) is 1.98. The molecule has 2 rings (SSSR count). The lowest BCUT2D eigenvalue weighted by Crippen LogP contribution is -2.35. The van der Waals surface area contributed by atoms with Crippen molar-refractivity contribution >= 4 is 23.2 Å². The second kappa shape index (κ2) is 4.85. The first-order valence-electron chi connectivity index (χ1n) is 5.47. The van der Waals surface area contributed by atoms with Gasteiger partial charge in [0.2, 0.25) is 5.91 Å². The van der Waals surface area contributed by atoms with Crippen molar-refractivity contribution < 1.29 is 4.79 Å². The van der Waals surface area contributed by atoms with Crippen molar-refractivity contribution in [1.82, 2.24) is 5.32 Å². The van der Waals surface area contributed by atoms with Gasteiger partial charge in [0.25, 0.3) is 0 Å². The first-order chi connectivity index (χ1) is 7.66. The van der Waals surface area contributed by atoms with Gasteiger partial charge in [-0.3, -0.25) is 4.79 Å². The Balaban J connectivity index is 2.02. The highest BCUT2D eigenvalue weighted by Gasteiger charge is 2.21. The van der Waals surface area contributed by atoms with Crippen molar-refractivity contribution in [2.45, 2.75) is 25.8 Å². The highest BCUT2D eigenvalue weighted by molar-refractivity contribution is 6.31. The number of hydrogen-bond acceptors (Lipinski definition) is 2. The first-order valence-corrected chi connectivity index (χ1v) is 5.85. The summed E-state index contributed by atoms with van der Waals surface area (Å²) < 4.78 is 0. The van der Waals surface area contributed by atoms with E-state index in [0.717, 1.165) is 35.7 Å². The van der Waals surface area contributed by atoms with Gasteiger partial charge in [0.05, 0.1) is 6.04 Å². The largest absolute Gasteiger partial charge is 0.325 e. The molecule has 2 N–H and O–H groups in total. The van der Waals surface area contributed by atoms with Crippen LogP contribution >= 0.6 is 11.6 Å². The Kier molecular flexibility index (Phi) is 3.46. The maximum atomic E-state index is 11.8. The van der Waals surface area contributed by atoms with Gasteiger partial charge < -0.3 is 10.6 Å². The number of rotatable bonds is 2. The SMILES string of the molecule is Cc1cc(NC(=O)[C@H]2CCCN2)ccc1Cl. The van der Waals surface area contributed by atoms with E-state index in [9.17, 15) is 4.79 Å². The summed E-state index contributed by atoms with van der Waals surface area (Å²) in [5.74, 6) is 0.0409. The van der Waals surface area contributed by atoms with Crippen molar-refractivity contribution in [3.8, 4) is 0 Å². The molecule has 16 heavy (non-hydrogen) atoms. The van der Waals surface area contributed by atoms with Crippen LogP contribution in [0, 0.1) is 6.92 Å². The van der Waals surface area contributed by atoms with Crippen LogP contribution in [-0.2, 0) is 4.79 Å². The molecule has 1 aliphatic rings. The molecule has 1 aromatic carbocycles. The van der Waals surface area contributed by atoms with Crippen LogP contribution < -0.4 is 10.6 Å². The molecule has 1 amide bonds. The van der Waals surface area contributed by atoms with E-state index in [1.54, 1.807) is 6.07 Å². The molecule has 0 radical (unpaired) electrons. The molecule has 3 nitrogen and oxygen atoms in total. The van der Waals surface area contributed by atoms with Gasteiger partial charge in [-0.05, 0) is 50.1 Å². The first kappa shape index (κ1) is 11.4. The highest BCUT2D eigenvalue weighted by atomic mass is 35.5. The number of nitrogens with one attached hydrogen (secondary N) is 2. The number of carbonyl (C=O) groups excluding carboxylic acids is 1. The summed E-state index contributed by atoms with van der Waals surface area (Å²) in [5, 5.41) is 6.78. The van der Waals surface area contributed by atoms with Gasteiger partial charge in [-0.15, -0.1) is 0 Å². The number of hydrogen-bond donors (Lipinski definition) is 2. The Labute approximate surface area is 100 Å². The van der Waals surface area contributed by atoms with E-state index in [-0.39, 0.29) is 11.9 Å². The van der Waals surface area contributed by atoms with E-state index < -0.39 is 0 Å². The number of halogens is 1. The number of anilines is 1. The van der Waals surface area contributed by atoms with Crippen LogP contribution in [0.5, 0.6) is 0 Å². The third-order valence-corrected chi connectivity index (χ3v) is 3.23. The summed E-state index contributed by atoms with van der Waals surface area (Å²) >= 11 is 5.92. The lowest BCUT2D eigenvalue weighted by molar-refractivity contribution is -0.117. The molecule has 1 aliphatic heterocycles. The van der Waals surface area contributed by atoms with E-state index in [0.29, 0.717) is 0 Å². The highest BCUT2D eigenvalue weighted by Crippen LogP contribution is 2.19. The van der Waals surface area contributed by atoms with Crippen molar-refractivity contribution in [2.75, 3.05) is 11.9 Å². The van der Waals surface area contributed by atoms with Gasteiger partial charge >= 0.3 is 0 Å². The number of carbonyl (C=O) groups is 1. The summed E-state index contributed by atoms with van der Waals surface area (Å²) in [7, 11) is 0. The normalized spacial score (nSPS) is 19.8. The summed E-state index contributed by atoms with van der Waals surface area (Å²) in [6, 6.07) is 5.46. The second-order valence-corrected chi connectivity index (χ2v) is 4.51. The van der Waals surface area contributed by atoms with Gasteiger partial charge in [-0.2, -0.15) is 0 Å². The molecule has 1 aromatic rings. The smallest absolute Gasteiger partial charge is 0.241 e. The van der Waals surface area contributed by atoms with Crippen LogP contribution in [0.2, 0.25) is 5.02 Å². The molecule has 4 heteroatoms. The fraction of sp³-hybridized carbons (Fsp3) is 0.417. The molecule has 86 valence electrons. The Hall–Kier alpha value is -1.06. The second-order valence-electron chi connectivity index (χ2n) is 4.10. The topological polar surface area (TPSA) is 41.1 Å². The van der Waals surface area contributed by atoms with Crippen molar-refractivity contribution in [3.05, 3.63) is 28.8 Å². The van der Waals surface area contributed by atoms with Crippen molar-refractivity contribution in [1.29, 1.82) is 0 Å². The molecule has 1 atom stereocenters. The molecule has 0 bridgehead atoms. The molecule has 1 fully saturated rings. The zero-order valence-corrected chi connectivity index (χ0v) is 9.97. The van der Waals surface area contributed by atoms with Crippen molar-refractivity contribution in [3.63, 3.8) is 0 Å². The Morgan fingerprint density at radius 3 is 3.00 bits per heavy atom. The van der Waals surface area contributed by atoms with Crippen LogP contribution in [0.4, 0.5) is 5.69 Å². The fourth-order valence-electron chi connectivity index (χ4n) is 1.86. The van der Waals surface area contributed by atoms with Crippen LogP contribution in [0.15, 0.2) is 18.2 Å². The lowest BCUT2D eigenvalue weighted by atomic mass is 10.2. The Bertz CT molecular complexity index is 400. The van der Waals surface area contributed by atoms with E-state index in [4.69, 9.17) is 11.6 Å². The van der Waals surface area contributed by atoms with Crippen LogP contribution in [0.1, 0.15) is 18.4 Å². The van der Waals surface area contributed by atoms with Crippen molar-refractivity contribution in [2.24, 2.45) is 0 Å². The molecule has 0 unspecified atom stereocenters. The van der Waals surface area contributed by atoms with E-state index >= 15 is 0 Å². The van der Waals surface area contributed by atoms with Gasteiger partial charge in [-0.1, -0.05) is 11.6 Å². The maximum absolute atomic E-state index is 11.8. The fourth-order valence-corrected chi connectivity index (χ4v) is 1.98. The minimum atomic E-state index is -0.0454. The molecule has 0 aromatic heterocycles. The van der Waals surface area contributed by atoms with Gasteiger partial charge in [0.1, 0.15) is 0 Å². The van der Waals surface area contributed by atoms with Gasteiger partial charge in [0.15, 0.2) is 0 Å². The predicted molar refractivity (Wildman–Crippen MR) is 65.8 cm³/mol. The quantitative estimate of drug-likeness (QED) is 0.831. The molecule has 0 saturated carbocycles.